The third-order valence-corrected chi connectivity index (χ3v) is 4.30. The van der Waals surface area contributed by atoms with Crippen LogP contribution in [0.2, 0.25) is 0 Å². The molecule has 0 spiro atoms. The quantitative estimate of drug-likeness (QED) is 0.631. The summed E-state index contributed by atoms with van der Waals surface area (Å²) < 4.78 is 66.1. The molecular weight excluding hydrogens is 301 g/mol. The third-order valence-electron chi connectivity index (χ3n) is 2.63. The van der Waals surface area contributed by atoms with Crippen molar-refractivity contribution in [2.45, 2.75) is 24.3 Å². The Labute approximate surface area is 114 Å². The largest absolute Gasteiger partial charge is 0.459 e. The number of hydrogen-bond acceptors (Lipinski definition) is 3. The molecule has 0 saturated carbocycles. The average molecular weight is 311 g/mol. The highest BCUT2D eigenvalue weighted by atomic mass is 32.2. The van der Waals surface area contributed by atoms with Crippen LogP contribution in [0.25, 0.3) is 0 Å². The summed E-state index contributed by atoms with van der Waals surface area (Å²) in [5.41, 5.74) is -0.911. The van der Waals surface area contributed by atoms with Crippen LogP contribution in [0.5, 0.6) is 0 Å². The van der Waals surface area contributed by atoms with Gasteiger partial charge in [0.05, 0.1) is 0 Å². The van der Waals surface area contributed by atoms with Gasteiger partial charge in [-0.3, -0.25) is 4.98 Å². The van der Waals surface area contributed by atoms with Gasteiger partial charge in [0.1, 0.15) is 5.69 Å². The van der Waals surface area contributed by atoms with Gasteiger partial charge in [-0.2, -0.15) is 31.6 Å². The molecular formula is C11H10F5N3S. The lowest BCUT2D eigenvalue weighted by atomic mass is 10.1. The molecule has 0 bridgehead atoms. The Morgan fingerprint density at radius 2 is 1.90 bits per heavy atom. The van der Waals surface area contributed by atoms with E-state index >= 15 is 0 Å². The standard InChI is InChI=1S/C11H10F5N3S/c1-7(20(2)19-6-17)8-3-4-9(18-5-8)10(12,13)11(14,15)16/h3-5,7H,1-2H3. The highest BCUT2D eigenvalue weighted by molar-refractivity contribution is 7.86. The Morgan fingerprint density at radius 1 is 1.30 bits per heavy atom. The zero-order chi connectivity index (χ0) is 15.6. The Balaban J connectivity index is 3.07. The first-order chi connectivity index (χ1) is 9.11. The summed E-state index contributed by atoms with van der Waals surface area (Å²) in [5.74, 6) is -4.99. The summed E-state index contributed by atoms with van der Waals surface area (Å²) in [4.78, 5) is 3.19. The minimum atomic E-state index is -5.68. The molecule has 0 amide bonds. The molecule has 2 atom stereocenters. The molecule has 1 aromatic heterocycles. The van der Waals surface area contributed by atoms with E-state index in [-0.39, 0.29) is 5.25 Å². The highest BCUT2D eigenvalue weighted by Gasteiger charge is 2.59. The maximum Gasteiger partial charge on any atom is 0.459 e. The summed E-state index contributed by atoms with van der Waals surface area (Å²) in [6.45, 7) is 1.68. The van der Waals surface area contributed by atoms with E-state index in [2.05, 4.69) is 9.35 Å². The van der Waals surface area contributed by atoms with Gasteiger partial charge in [-0.05, 0) is 24.8 Å². The van der Waals surface area contributed by atoms with Gasteiger partial charge in [0.25, 0.3) is 0 Å². The molecule has 0 saturated heterocycles. The normalized spacial score (nSPS) is 15.7. The Hall–Kier alpha value is -1.56. The van der Waals surface area contributed by atoms with Crippen LogP contribution in [0.1, 0.15) is 23.4 Å². The Kier molecular flexibility index (Phi) is 4.81. The monoisotopic (exact) mass is 311 g/mol. The van der Waals surface area contributed by atoms with Gasteiger partial charge in [0.2, 0.25) is 6.19 Å². The smallest absolute Gasteiger partial charge is 0.254 e. The number of halogens is 5. The lowest BCUT2D eigenvalue weighted by molar-refractivity contribution is -0.290. The lowest BCUT2D eigenvalue weighted by Crippen LogP contribution is -2.34. The van der Waals surface area contributed by atoms with Crippen molar-refractivity contribution in [3.63, 3.8) is 0 Å². The van der Waals surface area contributed by atoms with E-state index in [1.165, 1.54) is 0 Å². The van der Waals surface area contributed by atoms with Crippen LogP contribution in [0, 0.1) is 11.5 Å². The molecule has 0 aliphatic carbocycles. The molecule has 0 aliphatic rings. The van der Waals surface area contributed by atoms with E-state index in [1.54, 1.807) is 19.4 Å². The fourth-order valence-corrected chi connectivity index (χ4v) is 2.14. The minimum Gasteiger partial charge on any atom is -0.254 e. The van der Waals surface area contributed by atoms with Crippen molar-refractivity contribution in [1.82, 2.24) is 4.98 Å². The molecule has 1 heterocycles. The third kappa shape index (κ3) is 3.30. The second-order valence-corrected chi connectivity index (χ2v) is 5.84. The SMILES string of the molecule is CC(c1ccc(C(F)(F)C(F)(F)F)nc1)/S(C)=N/C#N. The number of hydrogen-bond donors (Lipinski definition) is 0. The minimum absolute atomic E-state index is 0.296. The van der Waals surface area contributed by atoms with Crippen LogP contribution in [-0.4, -0.2) is 17.4 Å². The number of alkyl halides is 5. The van der Waals surface area contributed by atoms with E-state index in [1.807, 2.05) is 0 Å². The summed E-state index contributed by atoms with van der Waals surface area (Å²) in [5, 5.41) is 8.13. The van der Waals surface area contributed by atoms with Crippen LogP contribution in [0.15, 0.2) is 22.7 Å². The van der Waals surface area contributed by atoms with Gasteiger partial charge >= 0.3 is 12.1 Å². The van der Waals surface area contributed by atoms with Crippen molar-refractivity contribution in [2.24, 2.45) is 4.36 Å². The fraction of sp³-hybridized carbons (Fsp3) is 0.455. The molecule has 110 valence electrons. The summed E-state index contributed by atoms with van der Waals surface area (Å²) in [6, 6.07) is 1.78. The Morgan fingerprint density at radius 3 is 2.30 bits per heavy atom. The molecule has 0 fully saturated rings. The second kappa shape index (κ2) is 5.83. The predicted octanol–water partition coefficient (Wildman–Crippen LogP) is 3.71. The van der Waals surface area contributed by atoms with Crippen molar-refractivity contribution in [3.8, 4) is 6.19 Å². The zero-order valence-corrected chi connectivity index (χ0v) is 11.3. The number of nitrogens with zero attached hydrogens (tertiary/aromatic N) is 3. The lowest BCUT2D eigenvalue weighted by Gasteiger charge is -2.19. The average Bonchev–Trinajstić information content (AvgIpc) is 2.37. The van der Waals surface area contributed by atoms with Gasteiger partial charge < -0.3 is 0 Å². The molecule has 0 aliphatic heterocycles. The Bertz CT molecular complexity index is 545. The maximum atomic E-state index is 13.0. The second-order valence-electron chi connectivity index (χ2n) is 3.91. The zero-order valence-electron chi connectivity index (χ0n) is 10.4. The van der Waals surface area contributed by atoms with Crippen LogP contribution in [0.4, 0.5) is 22.0 Å². The molecule has 3 nitrogen and oxygen atoms in total. The maximum absolute atomic E-state index is 13.0. The van der Waals surface area contributed by atoms with Crippen molar-refractivity contribution < 1.29 is 22.0 Å². The van der Waals surface area contributed by atoms with Gasteiger partial charge in [-0.1, -0.05) is 16.8 Å². The van der Waals surface area contributed by atoms with Gasteiger partial charge in [-0.25, -0.2) is 0 Å². The van der Waals surface area contributed by atoms with Crippen LogP contribution in [0.3, 0.4) is 0 Å². The number of rotatable bonds is 3. The van der Waals surface area contributed by atoms with Gasteiger partial charge in [0.15, 0.2) is 0 Å². The topological polar surface area (TPSA) is 49.0 Å². The van der Waals surface area contributed by atoms with E-state index in [0.29, 0.717) is 11.6 Å². The summed E-state index contributed by atoms with van der Waals surface area (Å²) in [6.07, 6.45) is -1.45. The van der Waals surface area contributed by atoms with Crippen molar-refractivity contribution in [3.05, 3.63) is 29.6 Å². The predicted molar refractivity (Wildman–Crippen MR) is 63.9 cm³/mol. The van der Waals surface area contributed by atoms with Gasteiger partial charge in [-0.15, -0.1) is 0 Å². The molecule has 1 rings (SSSR count). The number of aromatic nitrogens is 1. The first-order valence-corrected chi connectivity index (χ1v) is 6.92. The first kappa shape index (κ1) is 16.5. The molecule has 1 aromatic rings. The van der Waals surface area contributed by atoms with E-state index < -0.39 is 28.5 Å². The number of nitriles is 1. The molecule has 20 heavy (non-hydrogen) atoms. The molecule has 0 N–H and O–H groups in total. The molecule has 0 aromatic carbocycles. The van der Waals surface area contributed by atoms with E-state index in [0.717, 1.165) is 12.3 Å². The molecule has 9 heteroatoms. The van der Waals surface area contributed by atoms with E-state index in [4.69, 9.17) is 5.26 Å². The highest BCUT2D eigenvalue weighted by Crippen LogP contribution is 2.43. The fourth-order valence-electron chi connectivity index (χ4n) is 1.32. The van der Waals surface area contributed by atoms with Crippen molar-refractivity contribution >= 4 is 10.7 Å². The molecule has 2 unspecified atom stereocenters. The van der Waals surface area contributed by atoms with Crippen molar-refractivity contribution in [1.29, 1.82) is 5.26 Å². The van der Waals surface area contributed by atoms with Crippen LogP contribution in [-0.2, 0) is 16.6 Å². The number of pyridine rings is 1. The van der Waals surface area contributed by atoms with Crippen LogP contribution < -0.4 is 0 Å². The first-order valence-electron chi connectivity index (χ1n) is 5.27. The molecule has 0 radical (unpaired) electrons. The summed E-state index contributed by atoms with van der Waals surface area (Å²) >= 11 is 0. The van der Waals surface area contributed by atoms with E-state index in [9.17, 15) is 22.0 Å². The summed E-state index contributed by atoms with van der Waals surface area (Å²) in [7, 11) is -0.696. The van der Waals surface area contributed by atoms with Crippen LogP contribution >= 0.6 is 0 Å². The van der Waals surface area contributed by atoms with Crippen molar-refractivity contribution in [2.75, 3.05) is 6.26 Å². The van der Waals surface area contributed by atoms with Gasteiger partial charge in [0, 0.05) is 11.4 Å².